The zero-order chi connectivity index (χ0) is 16.4. The summed E-state index contributed by atoms with van der Waals surface area (Å²) < 4.78 is 0. The Kier molecular flexibility index (Phi) is 4.49. The number of nitrogens with one attached hydrogen (secondary N) is 1. The van der Waals surface area contributed by atoms with Gasteiger partial charge in [0.15, 0.2) is 0 Å². The zero-order valence-corrected chi connectivity index (χ0v) is 13.7. The van der Waals surface area contributed by atoms with Gasteiger partial charge in [-0.15, -0.1) is 0 Å². The first-order chi connectivity index (χ1) is 11.0. The molecule has 0 saturated heterocycles. The van der Waals surface area contributed by atoms with Crippen molar-refractivity contribution in [2.45, 2.75) is 45.3 Å². The molecule has 23 heavy (non-hydrogen) atoms. The van der Waals surface area contributed by atoms with Crippen LogP contribution in [0.3, 0.4) is 0 Å². The fraction of sp³-hybridized carbons (Fsp3) is 0.350. The summed E-state index contributed by atoms with van der Waals surface area (Å²) in [5, 5.41) is 13.7. The number of hydrogen-bond acceptors (Lipinski definition) is 2. The number of fused-ring (bicyclic) bond motifs is 1. The van der Waals surface area contributed by atoms with Crippen molar-refractivity contribution in [1.29, 1.82) is 0 Å². The molecule has 0 aliphatic heterocycles. The normalized spacial score (nSPS) is 18.1. The van der Waals surface area contributed by atoms with E-state index in [9.17, 15) is 9.90 Å². The van der Waals surface area contributed by atoms with Crippen molar-refractivity contribution in [3.63, 3.8) is 0 Å². The summed E-state index contributed by atoms with van der Waals surface area (Å²) in [4.78, 5) is 11.4. The molecule has 3 nitrogen and oxygen atoms in total. The molecule has 1 aliphatic rings. The van der Waals surface area contributed by atoms with Gasteiger partial charge in [-0.2, -0.15) is 0 Å². The molecule has 2 N–H and O–H groups in total. The van der Waals surface area contributed by atoms with Crippen LogP contribution in [0.5, 0.6) is 0 Å². The quantitative estimate of drug-likeness (QED) is 0.910. The molecule has 120 valence electrons. The van der Waals surface area contributed by atoms with E-state index in [1.807, 2.05) is 37.3 Å². The minimum atomic E-state index is -0.638. The number of hydrogen-bond donors (Lipinski definition) is 2. The van der Waals surface area contributed by atoms with Crippen molar-refractivity contribution < 1.29 is 9.90 Å². The molecule has 0 spiro atoms. The molecule has 2 aromatic carbocycles. The van der Waals surface area contributed by atoms with Crippen molar-refractivity contribution in [1.82, 2.24) is 5.32 Å². The monoisotopic (exact) mass is 309 g/mol. The van der Waals surface area contributed by atoms with Crippen LogP contribution in [-0.4, -0.2) is 11.0 Å². The van der Waals surface area contributed by atoms with Crippen LogP contribution in [0.2, 0.25) is 0 Å². The Bertz CT molecular complexity index is 706. The van der Waals surface area contributed by atoms with Crippen LogP contribution >= 0.6 is 0 Å². The second kappa shape index (κ2) is 6.55. The summed E-state index contributed by atoms with van der Waals surface area (Å²) in [5.74, 6) is -0.00710. The molecule has 0 fully saturated rings. The number of rotatable bonds is 3. The first kappa shape index (κ1) is 15.8. The van der Waals surface area contributed by atoms with E-state index in [0.29, 0.717) is 0 Å². The van der Waals surface area contributed by atoms with Crippen molar-refractivity contribution in [3.05, 3.63) is 70.3 Å². The molecule has 2 aromatic rings. The highest BCUT2D eigenvalue weighted by Gasteiger charge is 2.22. The fourth-order valence-corrected chi connectivity index (χ4v) is 3.32. The Labute approximate surface area is 137 Å². The Morgan fingerprint density at radius 3 is 2.57 bits per heavy atom. The standard InChI is InChI=1S/C20H23NO2/c1-13-6-8-16(9-7-13)20(23)17-11-10-15-4-3-5-19(18(15)12-17)21-14(2)22/h6-12,19-20,23H,3-5H2,1-2H3,(H,21,22). The third kappa shape index (κ3) is 3.45. The third-order valence-corrected chi connectivity index (χ3v) is 4.57. The van der Waals surface area contributed by atoms with Gasteiger partial charge in [0.2, 0.25) is 5.91 Å². The van der Waals surface area contributed by atoms with Gasteiger partial charge in [0, 0.05) is 6.92 Å². The summed E-state index contributed by atoms with van der Waals surface area (Å²) in [7, 11) is 0. The number of amides is 1. The average Bonchev–Trinajstić information content (AvgIpc) is 2.54. The SMILES string of the molecule is CC(=O)NC1CCCc2ccc(C(O)c3ccc(C)cc3)cc21. The predicted molar refractivity (Wildman–Crippen MR) is 91.2 cm³/mol. The van der Waals surface area contributed by atoms with E-state index in [1.165, 1.54) is 11.1 Å². The molecule has 1 aliphatic carbocycles. The summed E-state index contributed by atoms with van der Waals surface area (Å²) in [5.41, 5.74) is 5.37. The highest BCUT2D eigenvalue weighted by molar-refractivity contribution is 5.73. The van der Waals surface area contributed by atoms with E-state index >= 15 is 0 Å². The maximum Gasteiger partial charge on any atom is 0.217 e. The van der Waals surface area contributed by atoms with Crippen LogP contribution in [0.15, 0.2) is 42.5 Å². The first-order valence-electron chi connectivity index (χ1n) is 8.19. The molecule has 2 unspecified atom stereocenters. The van der Waals surface area contributed by atoms with Gasteiger partial charge >= 0.3 is 0 Å². The Hall–Kier alpha value is -2.13. The van der Waals surface area contributed by atoms with E-state index in [2.05, 4.69) is 17.4 Å². The second-order valence-corrected chi connectivity index (χ2v) is 6.42. The lowest BCUT2D eigenvalue weighted by atomic mass is 9.85. The molecule has 0 heterocycles. The van der Waals surface area contributed by atoms with Gasteiger partial charge in [0.1, 0.15) is 6.10 Å². The smallest absolute Gasteiger partial charge is 0.217 e. The van der Waals surface area contributed by atoms with Crippen LogP contribution in [0.25, 0.3) is 0 Å². The van der Waals surface area contributed by atoms with Gasteiger partial charge in [-0.3, -0.25) is 4.79 Å². The van der Waals surface area contributed by atoms with Crippen LogP contribution in [-0.2, 0) is 11.2 Å². The number of aryl methyl sites for hydroxylation is 2. The Morgan fingerprint density at radius 2 is 1.87 bits per heavy atom. The van der Waals surface area contributed by atoms with Crippen molar-refractivity contribution in [2.75, 3.05) is 0 Å². The summed E-state index contributed by atoms with van der Waals surface area (Å²) in [6, 6.07) is 14.2. The molecule has 3 rings (SSSR count). The minimum absolute atomic E-state index is 0.00710. The Morgan fingerprint density at radius 1 is 1.17 bits per heavy atom. The summed E-state index contributed by atoms with van der Waals surface area (Å²) in [6.45, 7) is 3.59. The molecule has 1 amide bonds. The number of carbonyl (C=O) groups excluding carboxylic acids is 1. The van der Waals surface area contributed by atoms with Crippen LogP contribution in [0, 0.1) is 6.92 Å². The molecule has 0 saturated carbocycles. The highest BCUT2D eigenvalue weighted by atomic mass is 16.3. The van der Waals surface area contributed by atoms with E-state index in [1.54, 1.807) is 6.92 Å². The largest absolute Gasteiger partial charge is 0.384 e. The fourth-order valence-electron chi connectivity index (χ4n) is 3.32. The highest BCUT2D eigenvalue weighted by Crippen LogP contribution is 2.33. The van der Waals surface area contributed by atoms with E-state index in [4.69, 9.17) is 0 Å². The number of carbonyl (C=O) groups is 1. The van der Waals surface area contributed by atoms with Crippen molar-refractivity contribution in [3.8, 4) is 0 Å². The van der Waals surface area contributed by atoms with Gasteiger partial charge < -0.3 is 10.4 Å². The number of aliphatic hydroxyl groups excluding tert-OH is 1. The molecule has 0 bridgehead atoms. The van der Waals surface area contributed by atoms with Crippen molar-refractivity contribution >= 4 is 5.91 Å². The number of benzene rings is 2. The minimum Gasteiger partial charge on any atom is -0.384 e. The molecule has 3 heteroatoms. The summed E-state index contributed by atoms with van der Waals surface area (Å²) in [6.07, 6.45) is 2.43. The maximum absolute atomic E-state index is 11.4. The van der Waals surface area contributed by atoms with Gasteiger partial charge in [0.05, 0.1) is 6.04 Å². The van der Waals surface area contributed by atoms with Gasteiger partial charge in [-0.1, -0.05) is 48.0 Å². The van der Waals surface area contributed by atoms with Gasteiger partial charge in [-0.05, 0) is 48.4 Å². The topological polar surface area (TPSA) is 49.3 Å². The van der Waals surface area contributed by atoms with Gasteiger partial charge in [-0.25, -0.2) is 0 Å². The molecular formula is C20H23NO2. The Balaban J connectivity index is 1.92. The third-order valence-electron chi connectivity index (χ3n) is 4.57. The predicted octanol–water partition coefficient (Wildman–Crippen LogP) is 3.59. The van der Waals surface area contributed by atoms with Crippen molar-refractivity contribution in [2.24, 2.45) is 0 Å². The van der Waals surface area contributed by atoms with E-state index in [0.717, 1.165) is 36.0 Å². The zero-order valence-electron chi connectivity index (χ0n) is 13.7. The van der Waals surface area contributed by atoms with Gasteiger partial charge in [0.25, 0.3) is 0 Å². The average molecular weight is 309 g/mol. The van der Waals surface area contributed by atoms with E-state index in [-0.39, 0.29) is 11.9 Å². The summed E-state index contributed by atoms with van der Waals surface area (Å²) >= 11 is 0. The lowest BCUT2D eigenvalue weighted by molar-refractivity contribution is -0.119. The lowest BCUT2D eigenvalue weighted by Crippen LogP contribution is -2.29. The molecule has 2 atom stereocenters. The van der Waals surface area contributed by atoms with Crippen LogP contribution in [0.1, 0.15) is 59.7 Å². The van der Waals surface area contributed by atoms with E-state index < -0.39 is 6.10 Å². The molecular weight excluding hydrogens is 286 g/mol. The first-order valence-corrected chi connectivity index (χ1v) is 8.19. The molecule has 0 aromatic heterocycles. The molecule has 0 radical (unpaired) electrons. The maximum atomic E-state index is 11.4. The van der Waals surface area contributed by atoms with Crippen LogP contribution < -0.4 is 5.32 Å². The van der Waals surface area contributed by atoms with Crippen LogP contribution in [0.4, 0.5) is 0 Å². The second-order valence-electron chi connectivity index (χ2n) is 6.42. The number of aliphatic hydroxyl groups is 1. The lowest BCUT2D eigenvalue weighted by Gasteiger charge is -2.27.